The Morgan fingerprint density at radius 2 is 1.95 bits per heavy atom. The van der Waals surface area contributed by atoms with Crippen molar-refractivity contribution in [3.8, 4) is 0 Å². The second-order valence-electron chi connectivity index (χ2n) is 4.62. The molecule has 0 unspecified atom stereocenters. The molecule has 0 aliphatic rings. The predicted octanol–water partition coefficient (Wildman–Crippen LogP) is 4.50. The fraction of sp³-hybridized carbons (Fsp3) is 0.0667. The smallest absolute Gasteiger partial charge is 0.283 e. The van der Waals surface area contributed by atoms with Crippen molar-refractivity contribution in [2.75, 3.05) is 0 Å². The lowest BCUT2D eigenvalue weighted by molar-refractivity contribution is -0.385. The maximum atomic E-state index is 13.7. The molecule has 6 heteroatoms. The topological polar surface area (TPSA) is 48.1 Å². The first-order chi connectivity index (χ1) is 10.1. The van der Waals surface area contributed by atoms with E-state index in [9.17, 15) is 14.5 Å². The van der Waals surface area contributed by atoms with Gasteiger partial charge in [-0.05, 0) is 39.7 Å². The summed E-state index contributed by atoms with van der Waals surface area (Å²) in [4.78, 5) is 10.5. The highest BCUT2D eigenvalue weighted by atomic mass is 79.9. The van der Waals surface area contributed by atoms with Gasteiger partial charge in [-0.2, -0.15) is 0 Å². The number of nitro benzene ring substituents is 1. The summed E-state index contributed by atoms with van der Waals surface area (Å²) in [5.41, 5.74) is 1.55. The van der Waals surface area contributed by atoms with Crippen LogP contribution in [0.15, 0.2) is 53.1 Å². The quantitative estimate of drug-likeness (QED) is 0.516. The summed E-state index contributed by atoms with van der Waals surface area (Å²) in [6, 6.07) is 11.5. The number of nitro groups is 1. The van der Waals surface area contributed by atoms with E-state index in [2.05, 4.69) is 15.9 Å². The summed E-state index contributed by atoms with van der Waals surface area (Å²) < 4.78 is 16.0. The maximum Gasteiger partial charge on any atom is 0.283 e. The molecule has 0 radical (unpaired) electrons. The number of aromatic nitrogens is 1. The maximum absolute atomic E-state index is 13.7. The number of hydrogen-bond donors (Lipinski definition) is 0. The highest BCUT2D eigenvalue weighted by Crippen LogP contribution is 2.30. The van der Waals surface area contributed by atoms with Crippen molar-refractivity contribution in [2.45, 2.75) is 6.54 Å². The number of hydrogen-bond acceptors (Lipinski definition) is 2. The number of nitrogens with zero attached hydrogens (tertiary/aromatic N) is 2. The van der Waals surface area contributed by atoms with Crippen molar-refractivity contribution in [3.05, 3.63) is 74.6 Å². The van der Waals surface area contributed by atoms with Crippen LogP contribution in [0.4, 0.5) is 10.1 Å². The molecule has 106 valence electrons. The molecule has 1 aromatic heterocycles. The van der Waals surface area contributed by atoms with Gasteiger partial charge >= 0.3 is 0 Å². The Balaban J connectivity index is 2.05. The van der Waals surface area contributed by atoms with Gasteiger partial charge < -0.3 is 4.57 Å². The van der Waals surface area contributed by atoms with Gasteiger partial charge in [0.1, 0.15) is 10.3 Å². The van der Waals surface area contributed by atoms with Crippen LogP contribution >= 0.6 is 15.9 Å². The molecule has 3 rings (SSSR count). The van der Waals surface area contributed by atoms with Crippen molar-refractivity contribution in [3.63, 3.8) is 0 Å². The third-order valence-corrected chi connectivity index (χ3v) is 4.27. The van der Waals surface area contributed by atoms with Gasteiger partial charge in [-0.15, -0.1) is 0 Å². The predicted molar refractivity (Wildman–Crippen MR) is 81.8 cm³/mol. The lowest BCUT2D eigenvalue weighted by Gasteiger charge is -2.08. The zero-order valence-corrected chi connectivity index (χ0v) is 12.4. The molecule has 0 saturated carbocycles. The van der Waals surface area contributed by atoms with Crippen molar-refractivity contribution < 1.29 is 9.31 Å². The molecule has 0 N–H and O–H groups in total. The first-order valence-electron chi connectivity index (χ1n) is 6.23. The second-order valence-corrected chi connectivity index (χ2v) is 5.42. The molecule has 0 spiro atoms. The Kier molecular flexibility index (Phi) is 3.47. The van der Waals surface area contributed by atoms with Crippen molar-refractivity contribution in [1.29, 1.82) is 0 Å². The summed E-state index contributed by atoms with van der Waals surface area (Å²) in [6.07, 6.45) is 1.78. The Bertz CT molecular complexity index is 845. The molecule has 21 heavy (non-hydrogen) atoms. The molecule has 0 saturated heterocycles. The van der Waals surface area contributed by atoms with Gasteiger partial charge in [0.15, 0.2) is 0 Å². The van der Waals surface area contributed by atoms with Gasteiger partial charge in [0.25, 0.3) is 5.69 Å². The van der Waals surface area contributed by atoms with E-state index in [4.69, 9.17) is 0 Å². The van der Waals surface area contributed by atoms with Gasteiger partial charge in [-0.1, -0.05) is 18.2 Å². The largest absolute Gasteiger partial charge is 0.343 e. The monoisotopic (exact) mass is 348 g/mol. The summed E-state index contributed by atoms with van der Waals surface area (Å²) in [6.45, 7) is 0.426. The first kappa shape index (κ1) is 13.8. The summed E-state index contributed by atoms with van der Waals surface area (Å²) >= 11 is 3.28. The van der Waals surface area contributed by atoms with Crippen molar-refractivity contribution in [2.24, 2.45) is 0 Å². The highest BCUT2D eigenvalue weighted by Gasteiger charge is 2.15. The molecule has 0 aliphatic heterocycles. The van der Waals surface area contributed by atoms with E-state index in [-0.39, 0.29) is 11.5 Å². The van der Waals surface area contributed by atoms with E-state index in [1.54, 1.807) is 24.4 Å². The third-order valence-electron chi connectivity index (χ3n) is 3.36. The molecular formula is C15H10BrFN2O2. The minimum Gasteiger partial charge on any atom is -0.343 e. The van der Waals surface area contributed by atoms with Gasteiger partial charge in [0, 0.05) is 24.2 Å². The van der Waals surface area contributed by atoms with E-state index in [1.807, 2.05) is 16.7 Å². The van der Waals surface area contributed by atoms with Crippen LogP contribution in [0.1, 0.15) is 5.56 Å². The first-order valence-corrected chi connectivity index (χ1v) is 7.02. The average Bonchev–Trinajstić information content (AvgIpc) is 2.85. The number of benzene rings is 2. The molecule has 0 amide bonds. The normalized spacial score (nSPS) is 11.0. The molecule has 3 aromatic rings. The van der Waals surface area contributed by atoms with Crippen LogP contribution < -0.4 is 0 Å². The van der Waals surface area contributed by atoms with Gasteiger partial charge in [-0.25, -0.2) is 4.39 Å². The lowest BCUT2D eigenvalue weighted by atomic mass is 10.2. The Hall–Kier alpha value is -2.21. The van der Waals surface area contributed by atoms with Crippen molar-refractivity contribution >= 4 is 32.5 Å². The summed E-state index contributed by atoms with van der Waals surface area (Å²) in [7, 11) is 0. The van der Waals surface area contributed by atoms with E-state index in [0.717, 1.165) is 11.1 Å². The average molecular weight is 349 g/mol. The highest BCUT2D eigenvalue weighted by molar-refractivity contribution is 9.10. The minimum absolute atomic E-state index is 0.0233. The molecule has 2 aromatic carbocycles. The van der Waals surface area contributed by atoms with E-state index in [1.165, 1.54) is 12.1 Å². The second kappa shape index (κ2) is 5.29. The molecular weight excluding hydrogens is 339 g/mol. The van der Waals surface area contributed by atoms with Crippen LogP contribution in [0.3, 0.4) is 0 Å². The Labute approximate surface area is 128 Å². The van der Waals surface area contributed by atoms with Crippen LogP contribution in [0.25, 0.3) is 10.9 Å². The zero-order chi connectivity index (χ0) is 15.0. The third kappa shape index (κ3) is 2.42. The zero-order valence-electron chi connectivity index (χ0n) is 10.8. The molecule has 0 aliphatic carbocycles. The summed E-state index contributed by atoms with van der Waals surface area (Å²) in [5.74, 6) is -0.274. The van der Waals surface area contributed by atoms with Crippen LogP contribution in [0, 0.1) is 15.9 Å². The number of fused-ring (bicyclic) bond motifs is 1. The number of halogens is 2. The van der Waals surface area contributed by atoms with Crippen LogP contribution in [0.2, 0.25) is 0 Å². The molecule has 4 nitrogen and oxygen atoms in total. The molecule has 0 bridgehead atoms. The van der Waals surface area contributed by atoms with Crippen LogP contribution in [0.5, 0.6) is 0 Å². The minimum atomic E-state index is -0.430. The van der Waals surface area contributed by atoms with E-state index in [0.29, 0.717) is 16.4 Å². The molecule has 0 fully saturated rings. The van der Waals surface area contributed by atoms with Crippen LogP contribution in [-0.2, 0) is 6.54 Å². The standard InChI is InChI=1S/C15H10BrFN2O2/c16-15-10(3-1-6-14(15)19(20)21)9-18-8-7-11-12(17)4-2-5-13(11)18/h1-8H,9H2. The molecule has 1 heterocycles. The van der Waals surface area contributed by atoms with Gasteiger partial charge in [0.05, 0.1) is 10.4 Å². The van der Waals surface area contributed by atoms with E-state index >= 15 is 0 Å². The van der Waals surface area contributed by atoms with E-state index < -0.39 is 4.92 Å². The number of rotatable bonds is 3. The summed E-state index contributed by atoms with van der Waals surface area (Å²) in [5, 5.41) is 11.5. The van der Waals surface area contributed by atoms with Crippen LogP contribution in [-0.4, -0.2) is 9.49 Å². The Morgan fingerprint density at radius 3 is 2.71 bits per heavy atom. The van der Waals surface area contributed by atoms with Gasteiger partial charge in [0.2, 0.25) is 0 Å². The fourth-order valence-electron chi connectivity index (χ4n) is 2.34. The lowest BCUT2D eigenvalue weighted by Crippen LogP contribution is -2.00. The van der Waals surface area contributed by atoms with Gasteiger partial charge in [-0.3, -0.25) is 10.1 Å². The van der Waals surface area contributed by atoms with Crippen molar-refractivity contribution in [1.82, 2.24) is 4.57 Å². The molecule has 0 atom stereocenters. The Morgan fingerprint density at radius 1 is 1.19 bits per heavy atom. The fourth-order valence-corrected chi connectivity index (χ4v) is 2.87. The SMILES string of the molecule is O=[N+]([O-])c1cccc(Cn2ccc3c(F)cccc32)c1Br.